The number of carbonyl (C=O) groups excluding carboxylic acids is 2. The van der Waals surface area contributed by atoms with Crippen molar-refractivity contribution in [1.29, 1.82) is 0 Å². The van der Waals surface area contributed by atoms with Gasteiger partial charge in [-0.3, -0.25) is 15.0 Å². The molecule has 2 heterocycles. The van der Waals surface area contributed by atoms with Crippen LogP contribution in [0.3, 0.4) is 0 Å². The first-order valence-corrected chi connectivity index (χ1v) is 7.17. The number of urea groups is 1. The minimum absolute atomic E-state index is 0.268. The number of amides is 3. The highest BCUT2D eigenvalue weighted by atomic mass is 35.5. The molecule has 0 bridgehead atoms. The molecule has 2 fully saturated rings. The van der Waals surface area contributed by atoms with Gasteiger partial charge in [-0.25, -0.2) is 9.18 Å². The number of hydrogen-bond acceptors (Lipinski definition) is 3. The Morgan fingerprint density at radius 1 is 1.29 bits per heavy atom. The Bertz CT molecular complexity index is 580. The van der Waals surface area contributed by atoms with Gasteiger partial charge >= 0.3 is 6.03 Å². The number of rotatable bonds is 2. The number of benzene rings is 1. The van der Waals surface area contributed by atoms with E-state index in [1.165, 1.54) is 6.07 Å². The van der Waals surface area contributed by atoms with Crippen molar-refractivity contribution < 1.29 is 14.0 Å². The van der Waals surface area contributed by atoms with E-state index in [1.807, 2.05) is 4.90 Å². The second kappa shape index (κ2) is 5.27. The van der Waals surface area contributed by atoms with E-state index in [0.717, 1.165) is 0 Å². The average molecular weight is 312 g/mol. The molecular weight excluding hydrogens is 297 g/mol. The molecule has 7 heteroatoms. The molecule has 0 aliphatic carbocycles. The van der Waals surface area contributed by atoms with E-state index in [4.69, 9.17) is 11.6 Å². The van der Waals surface area contributed by atoms with Gasteiger partial charge in [-0.2, -0.15) is 0 Å². The smallest absolute Gasteiger partial charge is 0.322 e. The molecule has 3 rings (SSSR count). The lowest BCUT2D eigenvalue weighted by molar-refractivity contribution is -0.125. The van der Waals surface area contributed by atoms with Gasteiger partial charge in [0.05, 0.1) is 0 Å². The summed E-state index contributed by atoms with van der Waals surface area (Å²) in [5.74, 6) is -0.592. The number of halogens is 2. The largest absolute Gasteiger partial charge is 0.323 e. The minimum Gasteiger partial charge on any atom is -0.323 e. The van der Waals surface area contributed by atoms with Crippen LogP contribution < -0.4 is 10.6 Å². The number of likely N-dealkylation sites (tertiary alicyclic amines) is 1. The Kier molecular flexibility index (Phi) is 3.59. The molecule has 112 valence electrons. The Hall–Kier alpha value is -1.66. The van der Waals surface area contributed by atoms with Crippen molar-refractivity contribution in [2.24, 2.45) is 0 Å². The molecular formula is C14H15ClFN3O2. The number of piperidine rings is 1. The van der Waals surface area contributed by atoms with E-state index in [-0.39, 0.29) is 11.7 Å². The van der Waals surface area contributed by atoms with Crippen LogP contribution in [0, 0.1) is 5.82 Å². The van der Waals surface area contributed by atoms with E-state index >= 15 is 0 Å². The molecule has 2 N–H and O–H groups in total. The normalized spacial score (nSPS) is 21.4. The summed E-state index contributed by atoms with van der Waals surface area (Å²) >= 11 is 6.02. The van der Waals surface area contributed by atoms with Crippen molar-refractivity contribution in [1.82, 2.24) is 15.5 Å². The van der Waals surface area contributed by atoms with E-state index in [9.17, 15) is 14.0 Å². The van der Waals surface area contributed by atoms with Crippen molar-refractivity contribution in [2.45, 2.75) is 24.9 Å². The Labute approximate surface area is 126 Å². The molecule has 1 aromatic carbocycles. The fourth-order valence-electron chi connectivity index (χ4n) is 2.88. The van der Waals surface area contributed by atoms with Gasteiger partial charge in [-0.1, -0.05) is 17.7 Å². The second-order valence-electron chi connectivity index (χ2n) is 5.47. The molecule has 2 saturated heterocycles. The SMILES string of the molecule is O=C1NC(=O)C2(CCN(Cc3c(F)cccc3Cl)CC2)N1. The molecule has 0 unspecified atom stereocenters. The molecule has 2 aliphatic heterocycles. The second-order valence-corrected chi connectivity index (χ2v) is 5.87. The third-order valence-electron chi connectivity index (χ3n) is 4.17. The van der Waals surface area contributed by atoms with Crippen LogP contribution in [-0.2, 0) is 11.3 Å². The third-order valence-corrected chi connectivity index (χ3v) is 4.52. The zero-order valence-electron chi connectivity index (χ0n) is 11.3. The van der Waals surface area contributed by atoms with E-state index in [0.29, 0.717) is 43.1 Å². The van der Waals surface area contributed by atoms with E-state index in [1.54, 1.807) is 12.1 Å². The maximum atomic E-state index is 13.8. The van der Waals surface area contributed by atoms with Gasteiger partial charge in [0, 0.05) is 30.2 Å². The number of imide groups is 1. The van der Waals surface area contributed by atoms with Crippen molar-refractivity contribution in [3.05, 3.63) is 34.6 Å². The van der Waals surface area contributed by atoms with Gasteiger partial charge in [0.2, 0.25) is 0 Å². The average Bonchev–Trinajstić information content (AvgIpc) is 2.71. The molecule has 5 nitrogen and oxygen atoms in total. The van der Waals surface area contributed by atoms with E-state index in [2.05, 4.69) is 10.6 Å². The summed E-state index contributed by atoms with van der Waals surface area (Å²) in [7, 11) is 0. The fourth-order valence-corrected chi connectivity index (χ4v) is 3.10. The van der Waals surface area contributed by atoms with Gasteiger partial charge in [0.1, 0.15) is 11.4 Å². The van der Waals surface area contributed by atoms with Crippen LogP contribution in [0.5, 0.6) is 0 Å². The number of nitrogens with one attached hydrogen (secondary N) is 2. The van der Waals surface area contributed by atoms with Crippen LogP contribution in [0.25, 0.3) is 0 Å². The molecule has 21 heavy (non-hydrogen) atoms. The maximum absolute atomic E-state index is 13.8. The highest BCUT2D eigenvalue weighted by molar-refractivity contribution is 6.31. The first kappa shape index (κ1) is 14.3. The molecule has 0 radical (unpaired) electrons. The van der Waals surface area contributed by atoms with Crippen molar-refractivity contribution in [2.75, 3.05) is 13.1 Å². The minimum atomic E-state index is -0.799. The highest BCUT2D eigenvalue weighted by Gasteiger charge is 2.47. The number of hydrogen-bond donors (Lipinski definition) is 2. The molecule has 2 aliphatic rings. The van der Waals surface area contributed by atoms with Crippen molar-refractivity contribution in [3.8, 4) is 0 Å². The summed E-state index contributed by atoms with van der Waals surface area (Å²) in [6, 6.07) is 4.18. The number of carbonyl (C=O) groups is 2. The summed E-state index contributed by atoms with van der Waals surface area (Å²) in [5.41, 5.74) is -0.331. The predicted octanol–water partition coefficient (Wildman–Crippen LogP) is 1.65. The molecule has 0 saturated carbocycles. The van der Waals surface area contributed by atoms with Crippen LogP contribution in [0.4, 0.5) is 9.18 Å². The van der Waals surface area contributed by atoms with Crippen LogP contribution >= 0.6 is 11.6 Å². The summed E-state index contributed by atoms with van der Waals surface area (Å²) in [5, 5.41) is 5.38. The quantitative estimate of drug-likeness (QED) is 0.817. The molecule has 1 spiro atoms. The van der Waals surface area contributed by atoms with E-state index < -0.39 is 11.6 Å². The lowest BCUT2D eigenvalue weighted by Crippen LogP contribution is -2.54. The fraction of sp³-hybridized carbons (Fsp3) is 0.429. The van der Waals surface area contributed by atoms with Crippen LogP contribution in [-0.4, -0.2) is 35.5 Å². The van der Waals surface area contributed by atoms with Gasteiger partial charge in [0.15, 0.2) is 0 Å². The summed E-state index contributed by atoms with van der Waals surface area (Å²) in [6.07, 6.45) is 1.02. The first-order chi connectivity index (χ1) is 10.00. The zero-order chi connectivity index (χ0) is 15.0. The van der Waals surface area contributed by atoms with Gasteiger partial charge < -0.3 is 5.32 Å². The Morgan fingerprint density at radius 2 is 2.00 bits per heavy atom. The Morgan fingerprint density at radius 3 is 2.57 bits per heavy atom. The highest BCUT2D eigenvalue weighted by Crippen LogP contribution is 2.28. The molecule has 1 aromatic rings. The predicted molar refractivity (Wildman–Crippen MR) is 75.3 cm³/mol. The van der Waals surface area contributed by atoms with Gasteiger partial charge in [0.25, 0.3) is 5.91 Å². The lowest BCUT2D eigenvalue weighted by atomic mass is 9.87. The van der Waals surface area contributed by atoms with Crippen LogP contribution in [0.15, 0.2) is 18.2 Å². The maximum Gasteiger partial charge on any atom is 0.322 e. The molecule has 0 atom stereocenters. The number of nitrogens with zero attached hydrogens (tertiary/aromatic N) is 1. The topological polar surface area (TPSA) is 61.4 Å². The van der Waals surface area contributed by atoms with Gasteiger partial charge in [-0.05, 0) is 25.0 Å². The monoisotopic (exact) mass is 311 g/mol. The van der Waals surface area contributed by atoms with Gasteiger partial charge in [-0.15, -0.1) is 0 Å². The molecule has 0 aromatic heterocycles. The lowest BCUT2D eigenvalue weighted by Gasteiger charge is -2.37. The van der Waals surface area contributed by atoms with Crippen LogP contribution in [0.2, 0.25) is 5.02 Å². The standard InChI is InChI=1S/C14H15ClFN3O2/c15-10-2-1-3-11(16)9(10)8-19-6-4-14(5-7-19)12(20)17-13(21)18-14/h1-3H,4-8H2,(H2,17,18,20,21). The Balaban J connectivity index is 1.67. The first-order valence-electron chi connectivity index (χ1n) is 6.79. The summed E-state index contributed by atoms with van der Waals surface area (Å²) < 4.78 is 13.8. The molecule has 3 amide bonds. The zero-order valence-corrected chi connectivity index (χ0v) is 12.0. The summed E-state index contributed by atoms with van der Waals surface area (Å²) in [6.45, 7) is 1.59. The van der Waals surface area contributed by atoms with Crippen molar-refractivity contribution in [3.63, 3.8) is 0 Å². The summed E-state index contributed by atoms with van der Waals surface area (Å²) in [4.78, 5) is 25.1. The third kappa shape index (κ3) is 2.61. The van der Waals surface area contributed by atoms with Crippen molar-refractivity contribution >= 4 is 23.5 Å². The van der Waals surface area contributed by atoms with Crippen LogP contribution in [0.1, 0.15) is 18.4 Å².